The molecule has 1 aromatic heterocycles. The van der Waals surface area contributed by atoms with Crippen molar-refractivity contribution in [2.75, 3.05) is 0 Å². The van der Waals surface area contributed by atoms with Crippen LogP contribution in [0.3, 0.4) is 0 Å². The molecular formula is C31H50BF4IrNP-. The van der Waals surface area contributed by atoms with Crippen LogP contribution < -0.4 is 0 Å². The van der Waals surface area contributed by atoms with Crippen LogP contribution in [0.15, 0.2) is 54.9 Å². The Balaban J connectivity index is 0.000000313. The first-order chi connectivity index (χ1) is 18.4. The second-order valence-electron chi connectivity index (χ2n) is 10.9. The number of hydrogen-bond donors (Lipinski definition) is 0. The summed E-state index contributed by atoms with van der Waals surface area (Å²) in [5.74, 6) is 0. The van der Waals surface area contributed by atoms with Crippen LogP contribution >= 0.6 is 7.92 Å². The zero-order valence-corrected chi connectivity index (χ0v) is 27.0. The Kier molecular flexibility index (Phi) is 21.6. The molecule has 0 unspecified atom stereocenters. The largest absolute Gasteiger partial charge is 0.673 e. The van der Waals surface area contributed by atoms with Crippen molar-refractivity contribution < 1.29 is 37.4 Å². The Morgan fingerprint density at radius 1 is 0.487 bits per heavy atom. The van der Waals surface area contributed by atoms with E-state index in [-0.39, 0.29) is 20.1 Å². The molecule has 0 atom stereocenters. The maximum Gasteiger partial charge on any atom is 0.673 e. The van der Waals surface area contributed by atoms with Gasteiger partial charge >= 0.3 is 7.25 Å². The van der Waals surface area contributed by atoms with Crippen LogP contribution in [0.2, 0.25) is 0 Å². The van der Waals surface area contributed by atoms with Gasteiger partial charge in [0.15, 0.2) is 0 Å². The number of aromatic nitrogens is 1. The first-order valence-corrected chi connectivity index (χ1v) is 16.8. The van der Waals surface area contributed by atoms with Gasteiger partial charge in [-0.1, -0.05) is 96.1 Å². The van der Waals surface area contributed by atoms with E-state index in [1.54, 1.807) is 89.4 Å². The van der Waals surface area contributed by atoms with Crippen molar-refractivity contribution in [3.63, 3.8) is 0 Å². The molecular weight excluding hydrogens is 696 g/mol. The van der Waals surface area contributed by atoms with Gasteiger partial charge in [0, 0.05) is 32.5 Å². The molecule has 3 saturated carbocycles. The van der Waals surface area contributed by atoms with Crippen LogP contribution in [-0.2, 0) is 20.1 Å². The number of allylic oxidation sites excluding steroid dienone is 4. The monoisotopic (exact) mass is 747 g/mol. The van der Waals surface area contributed by atoms with Gasteiger partial charge in [-0.2, -0.15) is 0 Å². The molecule has 1 nitrogen and oxygen atoms in total. The summed E-state index contributed by atoms with van der Waals surface area (Å²) in [5.41, 5.74) is 3.57. The second-order valence-corrected chi connectivity index (χ2v) is 14.0. The fourth-order valence-corrected chi connectivity index (χ4v) is 10.9. The fraction of sp³-hybridized carbons (Fsp3) is 0.710. The second kappa shape index (κ2) is 23.1. The topological polar surface area (TPSA) is 12.9 Å². The normalized spacial score (nSPS) is 22.6. The van der Waals surface area contributed by atoms with Gasteiger partial charge in [0.05, 0.1) is 0 Å². The van der Waals surface area contributed by atoms with Crippen LogP contribution in [0.5, 0.6) is 0 Å². The summed E-state index contributed by atoms with van der Waals surface area (Å²) >= 11 is 0. The van der Waals surface area contributed by atoms with E-state index in [2.05, 4.69) is 29.3 Å². The average Bonchev–Trinajstić information content (AvgIpc) is 2.91. The van der Waals surface area contributed by atoms with Gasteiger partial charge in [-0.3, -0.25) is 4.98 Å². The Hall–Kier alpha value is -0.506. The van der Waals surface area contributed by atoms with E-state index in [1.807, 2.05) is 18.2 Å². The maximum atomic E-state index is 9.75. The molecule has 0 aromatic carbocycles. The van der Waals surface area contributed by atoms with Gasteiger partial charge in [0.1, 0.15) is 0 Å². The van der Waals surface area contributed by atoms with E-state index in [0.29, 0.717) is 7.92 Å². The van der Waals surface area contributed by atoms with Crippen molar-refractivity contribution >= 4 is 15.2 Å². The molecule has 5 rings (SSSR count). The van der Waals surface area contributed by atoms with E-state index >= 15 is 0 Å². The molecule has 225 valence electrons. The zero-order chi connectivity index (χ0) is 27.3. The van der Waals surface area contributed by atoms with Crippen LogP contribution in [0.4, 0.5) is 17.3 Å². The number of nitrogens with zero attached hydrogens (tertiary/aromatic N) is 1. The third kappa shape index (κ3) is 19.3. The number of pyridine rings is 1. The van der Waals surface area contributed by atoms with Crippen molar-refractivity contribution in [1.82, 2.24) is 4.98 Å². The van der Waals surface area contributed by atoms with Gasteiger partial charge in [-0.05, 0) is 93.3 Å². The summed E-state index contributed by atoms with van der Waals surface area (Å²) in [5, 5.41) is 0. The van der Waals surface area contributed by atoms with Crippen molar-refractivity contribution in [1.29, 1.82) is 0 Å². The predicted octanol–water partition coefficient (Wildman–Crippen LogP) is 11.5. The molecule has 0 N–H and O–H groups in total. The average molecular weight is 747 g/mol. The van der Waals surface area contributed by atoms with E-state index in [9.17, 15) is 17.3 Å². The van der Waals surface area contributed by atoms with Gasteiger partial charge in [-0.15, -0.1) is 0 Å². The Bertz CT molecular complexity index is 630. The van der Waals surface area contributed by atoms with Gasteiger partial charge in [0.25, 0.3) is 0 Å². The van der Waals surface area contributed by atoms with Crippen molar-refractivity contribution in [3.8, 4) is 0 Å². The minimum atomic E-state index is -6.00. The number of halogens is 4. The van der Waals surface area contributed by atoms with Crippen molar-refractivity contribution in [3.05, 3.63) is 54.9 Å². The third-order valence-electron chi connectivity index (χ3n) is 7.89. The summed E-state index contributed by atoms with van der Waals surface area (Å²) in [6, 6.07) is 5.72. The van der Waals surface area contributed by atoms with Crippen LogP contribution in [0.1, 0.15) is 122 Å². The van der Waals surface area contributed by atoms with Crippen LogP contribution in [0, 0.1) is 0 Å². The standard InChI is InChI=1S/C18H33P.C8H12.C5H5N.BF4.Ir/c1-4-10-16(11-5-1)19(17-12-6-2-7-13-17)18-14-8-3-9-15-18;1-2-4-6-8-7-5-3-1;1-2-4-6-5-3-1;2-1(3,4)5;/h16-18H,1-15H2;1-2,7-8H,3-6H2;1-5H;;/q;;;-1;/b;2-1-,8-7-;;;. The number of rotatable bonds is 3. The van der Waals surface area contributed by atoms with Crippen LogP contribution in [0.25, 0.3) is 0 Å². The minimum Gasteiger partial charge on any atom is -0.418 e. The molecule has 39 heavy (non-hydrogen) atoms. The minimum absolute atomic E-state index is 0. The van der Waals surface area contributed by atoms with E-state index in [1.165, 1.54) is 61.9 Å². The Labute approximate surface area is 250 Å². The number of hydrogen-bond acceptors (Lipinski definition) is 1. The van der Waals surface area contributed by atoms with Gasteiger partial charge in [-0.25, -0.2) is 0 Å². The molecule has 3 fully saturated rings. The maximum absolute atomic E-state index is 9.75. The molecule has 0 amide bonds. The molecule has 0 bridgehead atoms. The summed E-state index contributed by atoms with van der Waals surface area (Å²) < 4.78 is 39.0. The Morgan fingerprint density at radius 2 is 0.769 bits per heavy atom. The summed E-state index contributed by atoms with van der Waals surface area (Å²) in [6.45, 7) is 0. The molecule has 0 saturated heterocycles. The van der Waals surface area contributed by atoms with Gasteiger partial charge < -0.3 is 17.3 Å². The molecule has 8 heteroatoms. The molecule has 0 aliphatic heterocycles. The molecule has 1 aromatic rings. The molecule has 4 aliphatic carbocycles. The van der Waals surface area contributed by atoms with Crippen molar-refractivity contribution in [2.45, 2.75) is 139 Å². The first kappa shape index (κ1) is 36.5. The summed E-state index contributed by atoms with van der Waals surface area (Å²) in [6.07, 6.45) is 41.1. The first-order valence-electron chi connectivity index (χ1n) is 15.2. The van der Waals surface area contributed by atoms with Crippen molar-refractivity contribution in [2.24, 2.45) is 0 Å². The summed E-state index contributed by atoms with van der Waals surface area (Å²) in [4.78, 5) is 3.78. The van der Waals surface area contributed by atoms with E-state index in [4.69, 9.17) is 0 Å². The predicted molar refractivity (Wildman–Crippen MR) is 159 cm³/mol. The quantitative estimate of drug-likeness (QED) is 0.130. The fourth-order valence-electron chi connectivity index (χ4n) is 6.20. The third-order valence-corrected chi connectivity index (χ3v) is 12.0. The molecule has 0 spiro atoms. The molecule has 1 heterocycles. The molecule has 1 radical (unpaired) electrons. The Morgan fingerprint density at radius 3 is 0.974 bits per heavy atom. The smallest absolute Gasteiger partial charge is 0.418 e. The van der Waals surface area contributed by atoms with Gasteiger partial charge in [0.2, 0.25) is 0 Å². The SMILES string of the molecule is C1=C\CC/C=C\CC/1.C1CCC(P(C2CCCCC2)C2CCCCC2)CC1.F[B-](F)(F)F.[Ir].c1ccncc1. The van der Waals surface area contributed by atoms with Crippen LogP contribution in [-0.4, -0.2) is 29.2 Å². The van der Waals surface area contributed by atoms with E-state index in [0.717, 1.165) is 0 Å². The molecule has 4 aliphatic rings. The zero-order valence-electron chi connectivity index (χ0n) is 23.7. The summed E-state index contributed by atoms with van der Waals surface area (Å²) in [7, 11) is -5.62. The van der Waals surface area contributed by atoms with E-state index < -0.39 is 7.25 Å².